The van der Waals surface area contributed by atoms with Crippen molar-refractivity contribution in [3.63, 3.8) is 0 Å². The van der Waals surface area contributed by atoms with Crippen LogP contribution in [-0.2, 0) is 4.79 Å². The summed E-state index contributed by atoms with van der Waals surface area (Å²) in [5.41, 5.74) is 0. The van der Waals surface area contributed by atoms with Crippen LogP contribution in [0.25, 0.3) is 0 Å². The second kappa shape index (κ2) is 70.7. The minimum Gasteiger partial charge on any atom is -0.394 e. The standard InChI is InChI=1S/C74H149NO3/c1-3-5-7-9-11-13-15-17-19-21-23-25-27-29-31-33-34-35-36-37-38-39-40-42-44-46-48-50-52-54-56-58-60-62-64-66-68-70-74(78)75-72(71-76)73(77)69-67-65-63-61-59-57-55-53-51-49-47-45-43-41-32-30-28-26-24-22-20-18-16-14-12-10-8-6-4-2/h72-73,76-77H,3-71H2,1-2H3,(H,75,78). The van der Waals surface area contributed by atoms with E-state index in [9.17, 15) is 15.0 Å². The van der Waals surface area contributed by atoms with Crippen LogP contribution in [0.1, 0.15) is 450 Å². The Kier molecular flexibility index (Phi) is 70.1. The van der Waals surface area contributed by atoms with Crippen LogP contribution in [0, 0.1) is 0 Å². The van der Waals surface area contributed by atoms with Gasteiger partial charge in [0.1, 0.15) is 0 Å². The van der Waals surface area contributed by atoms with Crippen LogP contribution in [0.3, 0.4) is 0 Å². The van der Waals surface area contributed by atoms with E-state index in [2.05, 4.69) is 19.2 Å². The molecule has 4 nitrogen and oxygen atoms in total. The lowest BCUT2D eigenvalue weighted by Crippen LogP contribution is -2.45. The van der Waals surface area contributed by atoms with Gasteiger partial charge < -0.3 is 15.5 Å². The molecule has 0 rings (SSSR count). The maximum atomic E-state index is 12.6. The van der Waals surface area contributed by atoms with Crippen LogP contribution in [0.5, 0.6) is 0 Å². The molecular weight excluding hydrogens is 951 g/mol. The minimum atomic E-state index is -0.657. The van der Waals surface area contributed by atoms with Crippen molar-refractivity contribution in [1.29, 1.82) is 0 Å². The predicted molar refractivity (Wildman–Crippen MR) is 350 cm³/mol. The molecule has 2 unspecified atom stereocenters. The maximum Gasteiger partial charge on any atom is 0.220 e. The monoisotopic (exact) mass is 1100 g/mol. The van der Waals surface area contributed by atoms with Gasteiger partial charge in [0.25, 0.3) is 0 Å². The molecule has 0 spiro atoms. The fourth-order valence-electron chi connectivity index (χ4n) is 12.5. The summed E-state index contributed by atoms with van der Waals surface area (Å²) >= 11 is 0. The first-order chi connectivity index (χ1) is 38.7. The number of amides is 1. The Morgan fingerprint density at radius 1 is 0.256 bits per heavy atom. The van der Waals surface area contributed by atoms with E-state index >= 15 is 0 Å². The molecule has 0 heterocycles. The lowest BCUT2D eigenvalue weighted by molar-refractivity contribution is -0.123. The molecule has 468 valence electrons. The van der Waals surface area contributed by atoms with Gasteiger partial charge >= 0.3 is 0 Å². The van der Waals surface area contributed by atoms with Crippen LogP contribution in [-0.4, -0.2) is 34.9 Å². The number of hydrogen-bond donors (Lipinski definition) is 3. The average Bonchev–Trinajstić information content (AvgIpc) is 3.44. The van der Waals surface area contributed by atoms with Gasteiger partial charge in [0.15, 0.2) is 0 Å². The summed E-state index contributed by atoms with van der Waals surface area (Å²) in [5, 5.41) is 23.5. The SMILES string of the molecule is CCCCCCCCCCCCCCCCCCCCCCCCCCCCCCCCCCCCCCCC(=O)NC(CO)C(O)CCCCCCCCCCCCCCCCCCCCCCCCCCCCCCC. The van der Waals surface area contributed by atoms with Crippen molar-refractivity contribution in [1.82, 2.24) is 5.32 Å². The summed E-state index contributed by atoms with van der Waals surface area (Å²) in [6.07, 6.45) is 93.4. The third-order valence-electron chi connectivity index (χ3n) is 18.1. The van der Waals surface area contributed by atoms with E-state index in [0.29, 0.717) is 12.8 Å². The van der Waals surface area contributed by atoms with Crippen LogP contribution < -0.4 is 5.32 Å². The normalized spacial score (nSPS) is 12.5. The summed E-state index contributed by atoms with van der Waals surface area (Å²) in [6, 6.07) is -0.533. The number of nitrogens with one attached hydrogen (secondary N) is 1. The van der Waals surface area contributed by atoms with Gasteiger partial charge in [-0.15, -0.1) is 0 Å². The third-order valence-corrected chi connectivity index (χ3v) is 18.1. The largest absolute Gasteiger partial charge is 0.394 e. The highest BCUT2D eigenvalue weighted by Gasteiger charge is 2.20. The molecule has 4 heteroatoms. The zero-order chi connectivity index (χ0) is 56.2. The Hall–Kier alpha value is -0.610. The molecule has 0 radical (unpaired) electrons. The molecule has 0 aromatic heterocycles. The molecule has 0 aliphatic rings. The molecule has 1 amide bonds. The highest BCUT2D eigenvalue weighted by Crippen LogP contribution is 2.21. The predicted octanol–water partition coefficient (Wildman–Crippen LogP) is 25.4. The number of aliphatic hydroxyl groups excluding tert-OH is 2. The smallest absolute Gasteiger partial charge is 0.220 e. The van der Waals surface area contributed by atoms with Crippen molar-refractivity contribution in [2.24, 2.45) is 0 Å². The number of hydrogen-bond acceptors (Lipinski definition) is 3. The summed E-state index contributed by atoms with van der Waals surface area (Å²) < 4.78 is 0. The fourth-order valence-corrected chi connectivity index (χ4v) is 12.5. The van der Waals surface area contributed by atoms with Gasteiger partial charge in [0.2, 0.25) is 5.91 Å². The van der Waals surface area contributed by atoms with Crippen molar-refractivity contribution in [2.45, 2.75) is 463 Å². The second-order valence-corrected chi connectivity index (χ2v) is 26.1. The number of aliphatic hydroxyl groups is 2. The average molecular weight is 1100 g/mol. The molecule has 0 aromatic carbocycles. The Morgan fingerprint density at radius 3 is 0.577 bits per heavy atom. The van der Waals surface area contributed by atoms with E-state index < -0.39 is 12.1 Å². The van der Waals surface area contributed by atoms with E-state index in [0.717, 1.165) is 25.7 Å². The Balaban J connectivity index is 3.34. The van der Waals surface area contributed by atoms with Crippen LogP contribution in [0.2, 0.25) is 0 Å². The Bertz CT molecular complexity index is 1060. The summed E-state index contributed by atoms with van der Waals surface area (Å²) in [7, 11) is 0. The highest BCUT2D eigenvalue weighted by molar-refractivity contribution is 5.76. The quantitative estimate of drug-likeness (QED) is 0.0532. The molecule has 3 N–H and O–H groups in total. The number of unbranched alkanes of at least 4 members (excludes halogenated alkanes) is 64. The van der Waals surface area contributed by atoms with Gasteiger partial charge in [0.05, 0.1) is 18.8 Å². The summed E-state index contributed by atoms with van der Waals surface area (Å²) in [5.74, 6) is -0.0185. The topological polar surface area (TPSA) is 69.6 Å². The third kappa shape index (κ3) is 66.2. The zero-order valence-electron chi connectivity index (χ0n) is 54.2. The first-order valence-electron chi connectivity index (χ1n) is 37.2. The van der Waals surface area contributed by atoms with Gasteiger partial charge in [-0.3, -0.25) is 4.79 Å². The van der Waals surface area contributed by atoms with Gasteiger partial charge in [-0.2, -0.15) is 0 Å². The van der Waals surface area contributed by atoms with E-state index in [4.69, 9.17) is 0 Å². The first kappa shape index (κ1) is 77.4. The van der Waals surface area contributed by atoms with Crippen molar-refractivity contribution in [3.05, 3.63) is 0 Å². The van der Waals surface area contributed by atoms with Crippen molar-refractivity contribution in [2.75, 3.05) is 6.61 Å². The summed E-state index contributed by atoms with van der Waals surface area (Å²) in [6.45, 7) is 4.42. The van der Waals surface area contributed by atoms with Crippen LogP contribution >= 0.6 is 0 Å². The molecular formula is C74H149NO3. The second-order valence-electron chi connectivity index (χ2n) is 26.1. The van der Waals surface area contributed by atoms with Crippen LogP contribution in [0.15, 0.2) is 0 Å². The molecule has 0 bridgehead atoms. The molecule has 0 aliphatic heterocycles. The van der Waals surface area contributed by atoms with E-state index in [1.54, 1.807) is 0 Å². The summed E-state index contributed by atoms with van der Waals surface area (Å²) in [4.78, 5) is 12.6. The Labute approximate surface area is 493 Å². The number of carbonyl (C=O) groups is 1. The zero-order valence-corrected chi connectivity index (χ0v) is 54.2. The van der Waals surface area contributed by atoms with Crippen LogP contribution in [0.4, 0.5) is 0 Å². The maximum absolute atomic E-state index is 12.6. The fraction of sp³-hybridized carbons (Fsp3) is 0.986. The molecule has 0 saturated carbocycles. The molecule has 78 heavy (non-hydrogen) atoms. The van der Waals surface area contributed by atoms with E-state index in [1.165, 1.54) is 398 Å². The molecule has 0 aliphatic carbocycles. The number of carbonyl (C=O) groups excluding carboxylic acids is 1. The van der Waals surface area contributed by atoms with Gasteiger partial charge in [-0.05, 0) is 12.8 Å². The van der Waals surface area contributed by atoms with Crippen molar-refractivity contribution >= 4 is 5.91 Å². The molecule has 0 fully saturated rings. The lowest BCUT2D eigenvalue weighted by Gasteiger charge is -2.22. The molecule has 0 saturated heterocycles. The van der Waals surface area contributed by atoms with Gasteiger partial charge in [0, 0.05) is 6.42 Å². The van der Waals surface area contributed by atoms with Crippen molar-refractivity contribution in [3.8, 4) is 0 Å². The van der Waals surface area contributed by atoms with Gasteiger partial charge in [-0.1, -0.05) is 431 Å². The number of rotatable bonds is 71. The lowest BCUT2D eigenvalue weighted by atomic mass is 10.0. The molecule has 0 aromatic rings. The highest BCUT2D eigenvalue weighted by atomic mass is 16.3. The van der Waals surface area contributed by atoms with Crippen molar-refractivity contribution < 1.29 is 15.0 Å². The first-order valence-corrected chi connectivity index (χ1v) is 37.2. The van der Waals surface area contributed by atoms with E-state index in [1.807, 2.05) is 0 Å². The van der Waals surface area contributed by atoms with E-state index in [-0.39, 0.29) is 12.5 Å². The minimum absolute atomic E-state index is 0.0185. The van der Waals surface area contributed by atoms with Gasteiger partial charge in [-0.25, -0.2) is 0 Å². The molecule has 2 atom stereocenters. The Morgan fingerprint density at radius 2 is 0.410 bits per heavy atom.